The SMILES string of the molecule is O=C(NC1CCCCC1)[C@H](Cc1ccccc1)N(Cc1ccccc1Cl)C(=O)CCCN1C(=O)c2ccccc2S1(=O)=O. The topological polar surface area (TPSA) is 104 Å². The van der Waals surface area contributed by atoms with Crippen LogP contribution in [0.5, 0.6) is 0 Å². The minimum absolute atomic E-state index is 0.0195. The Morgan fingerprint density at radius 2 is 1.60 bits per heavy atom. The third kappa shape index (κ3) is 7.11. The number of rotatable bonds is 11. The molecule has 3 aromatic rings. The largest absolute Gasteiger partial charge is 0.352 e. The molecule has 0 bridgehead atoms. The molecule has 226 valence electrons. The van der Waals surface area contributed by atoms with Gasteiger partial charge in [-0.1, -0.05) is 91.5 Å². The lowest BCUT2D eigenvalue weighted by atomic mass is 9.94. The fourth-order valence-corrected chi connectivity index (χ4v) is 7.68. The molecule has 2 aliphatic rings. The van der Waals surface area contributed by atoms with Crippen molar-refractivity contribution in [3.05, 3.63) is 101 Å². The monoisotopic (exact) mass is 621 g/mol. The Hall–Kier alpha value is -3.69. The first-order valence-electron chi connectivity index (χ1n) is 14.8. The Labute approximate surface area is 258 Å². The lowest BCUT2D eigenvalue weighted by Gasteiger charge is -2.34. The second-order valence-electron chi connectivity index (χ2n) is 11.1. The van der Waals surface area contributed by atoms with Crippen LogP contribution >= 0.6 is 11.6 Å². The maximum Gasteiger partial charge on any atom is 0.269 e. The number of carbonyl (C=O) groups excluding carboxylic acids is 3. The number of sulfonamides is 1. The van der Waals surface area contributed by atoms with E-state index in [9.17, 15) is 22.8 Å². The molecule has 3 aromatic carbocycles. The van der Waals surface area contributed by atoms with Crippen molar-refractivity contribution in [1.29, 1.82) is 0 Å². The van der Waals surface area contributed by atoms with E-state index in [4.69, 9.17) is 11.6 Å². The van der Waals surface area contributed by atoms with Gasteiger partial charge >= 0.3 is 0 Å². The zero-order valence-corrected chi connectivity index (χ0v) is 25.5. The molecular formula is C33H36ClN3O5S. The molecule has 0 saturated heterocycles. The van der Waals surface area contributed by atoms with Crippen molar-refractivity contribution < 1.29 is 22.8 Å². The molecule has 1 heterocycles. The number of hydrogen-bond acceptors (Lipinski definition) is 5. The van der Waals surface area contributed by atoms with Gasteiger partial charge in [0.1, 0.15) is 10.9 Å². The fourth-order valence-electron chi connectivity index (χ4n) is 5.88. The molecule has 0 spiro atoms. The summed E-state index contributed by atoms with van der Waals surface area (Å²) in [5, 5.41) is 3.69. The van der Waals surface area contributed by atoms with Gasteiger partial charge in [-0.15, -0.1) is 0 Å². The van der Waals surface area contributed by atoms with Gasteiger partial charge in [-0.25, -0.2) is 12.7 Å². The van der Waals surface area contributed by atoms with Crippen molar-refractivity contribution >= 4 is 39.3 Å². The van der Waals surface area contributed by atoms with Crippen molar-refractivity contribution in [2.45, 2.75) is 74.9 Å². The molecular weight excluding hydrogens is 586 g/mol. The highest BCUT2D eigenvalue weighted by molar-refractivity contribution is 7.90. The highest BCUT2D eigenvalue weighted by Gasteiger charge is 2.40. The van der Waals surface area contributed by atoms with Crippen molar-refractivity contribution in [1.82, 2.24) is 14.5 Å². The van der Waals surface area contributed by atoms with E-state index < -0.39 is 22.0 Å². The molecule has 0 aromatic heterocycles. The molecule has 1 aliphatic carbocycles. The molecule has 3 amide bonds. The number of amides is 3. The van der Waals surface area contributed by atoms with Gasteiger partial charge in [0.2, 0.25) is 11.8 Å². The van der Waals surface area contributed by atoms with Crippen LogP contribution in [0.3, 0.4) is 0 Å². The quantitative estimate of drug-likeness (QED) is 0.311. The minimum Gasteiger partial charge on any atom is -0.352 e. The number of benzene rings is 3. The molecule has 1 fully saturated rings. The molecule has 0 unspecified atom stereocenters. The van der Waals surface area contributed by atoms with Crippen LogP contribution in [0.25, 0.3) is 0 Å². The average molecular weight is 622 g/mol. The molecule has 8 nitrogen and oxygen atoms in total. The zero-order valence-electron chi connectivity index (χ0n) is 24.0. The summed E-state index contributed by atoms with van der Waals surface area (Å²) in [7, 11) is -3.98. The molecule has 10 heteroatoms. The Kier molecular flexibility index (Phi) is 9.82. The number of halogens is 1. The fraction of sp³-hybridized carbons (Fsp3) is 0.364. The second-order valence-corrected chi connectivity index (χ2v) is 13.4. The van der Waals surface area contributed by atoms with Crippen molar-refractivity contribution in [2.75, 3.05) is 6.54 Å². The molecule has 1 N–H and O–H groups in total. The first kappa shape index (κ1) is 30.8. The van der Waals surface area contributed by atoms with E-state index in [0.29, 0.717) is 17.0 Å². The number of hydrogen-bond donors (Lipinski definition) is 1. The molecule has 5 rings (SSSR count). The zero-order chi connectivity index (χ0) is 30.4. The summed E-state index contributed by atoms with van der Waals surface area (Å²) >= 11 is 6.51. The lowest BCUT2D eigenvalue weighted by Crippen LogP contribution is -2.53. The van der Waals surface area contributed by atoms with Crippen LogP contribution < -0.4 is 5.32 Å². The van der Waals surface area contributed by atoms with Crippen LogP contribution in [0.4, 0.5) is 0 Å². The van der Waals surface area contributed by atoms with E-state index in [-0.39, 0.29) is 54.2 Å². The Balaban J connectivity index is 1.38. The van der Waals surface area contributed by atoms with E-state index in [1.807, 2.05) is 42.5 Å². The summed E-state index contributed by atoms with van der Waals surface area (Å²) in [5.41, 5.74) is 1.75. The molecule has 43 heavy (non-hydrogen) atoms. The van der Waals surface area contributed by atoms with E-state index in [1.165, 1.54) is 12.1 Å². The van der Waals surface area contributed by atoms with Gasteiger partial charge < -0.3 is 10.2 Å². The molecule has 1 aliphatic heterocycles. The Morgan fingerprint density at radius 3 is 2.33 bits per heavy atom. The summed E-state index contributed by atoms with van der Waals surface area (Å²) < 4.78 is 26.9. The molecule has 0 radical (unpaired) electrons. The van der Waals surface area contributed by atoms with Gasteiger partial charge in [0, 0.05) is 37.0 Å². The third-order valence-corrected chi connectivity index (χ3v) is 10.4. The van der Waals surface area contributed by atoms with Gasteiger partial charge in [0.05, 0.1) is 5.56 Å². The van der Waals surface area contributed by atoms with Gasteiger partial charge in [-0.3, -0.25) is 14.4 Å². The first-order valence-corrected chi connectivity index (χ1v) is 16.6. The number of nitrogens with one attached hydrogen (secondary N) is 1. The lowest BCUT2D eigenvalue weighted by molar-refractivity contribution is -0.141. The number of carbonyl (C=O) groups is 3. The van der Waals surface area contributed by atoms with Crippen molar-refractivity contribution in [2.24, 2.45) is 0 Å². The van der Waals surface area contributed by atoms with Gasteiger partial charge in [-0.2, -0.15) is 0 Å². The summed E-state index contributed by atoms with van der Waals surface area (Å²) in [5.74, 6) is -1.13. The van der Waals surface area contributed by atoms with Crippen LogP contribution in [0.15, 0.2) is 83.8 Å². The third-order valence-electron chi connectivity index (χ3n) is 8.19. The summed E-state index contributed by atoms with van der Waals surface area (Å²) in [6.07, 6.45) is 5.44. The van der Waals surface area contributed by atoms with Crippen LogP contribution in [0, 0.1) is 0 Å². The summed E-state index contributed by atoms with van der Waals surface area (Å²) in [6, 6.07) is 22.1. The number of nitrogens with zero attached hydrogens (tertiary/aromatic N) is 2. The minimum atomic E-state index is -3.98. The van der Waals surface area contributed by atoms with E-state index in [1.54, 1.807) is 29.2 Å². The van der Waals surface area contributed by atoms with Crippen LogP contribution in [-0.4, -0.2) is 54.0 Å². The van der Waals surface area contributed by atoms with E-state index in [2.05, 4.69) is 5.32 Å². The van der Waals surface area contributed by atoms with E-state index in [0.717, 1.165) is 42.0 Å². The van der Waals surface area contributed by atoms with Crippen LogP contribution in [0.1, 0.15) is 66.4 Å². The maximum atomic E-state index is 14.0. The van der Waals surface area contributed by atoms with E-state index >= 15 is 0 Å². The summed E-state index contributed by atoms with van der Waals surface area (Å²) in [4.78, 5) is 42.3. The summed E-state index contributed by atoms with van der Waals surface area (Å²) in [6.45, 7) is -0.0282. The molecule has 1 atom stereocenters. The molecule has 1 saturated carbocycles. The normalized spacial score (nSPS) is 16.9. The van der Waals surface area contributed by atoms with Crippen molar-refractivity contribution in [3.63, 3.8) is 0 Å². The smallest absolute Gasteiger partial charge is 0.269 e. The Bertz CT molecular complexity index is 1570. The standard InChI is InChI=1S/C33H36ClN3O5S/c34-28-18-9-7-14-25(28)23-36(29(22-24-12-3-1-4-13-24)32(39)35-26-15-5-2-6-16-26)31(38)20-11-21-37-33(40)27-17-8-10-19-30(27)43(37,41)42/h1,3-4,7-10,12-14,17-19,26,29H,2,5-6,11,15-16,20-23H2,(H,35,39)/t29-/m0/s1. The van der Waals surface area contributed by atoms with Gasteiger partial charge in [0.15, 0.2) is 0 Å². The van der Waals surface area contributed by atoms with Crippen LogP contribution in [-0.2, 0) is 32.6 Å². The maximum absolute atomic E-state index is 14.0. The van der Waals surface area contributed by atoms with Crippen molar-refractivity contribution in [3.8, 4) is 0 Å². The predicted molar refractivity (Wildman–Crippen MR) is 165 cm³/mol. The predicted octanol–water partition coefficient (Wildman–Crippen LogP) is 5.35. The van der Waals surface area contributed by atoms with Gasteiger partial charge in [0.25, 0.3) is 15.9 Å². The van der Waals surface area contributed by atoms with Crippen LogP contribution in [0.2, 0.25) is 5.02 Å². The number of fused-ring (bicyclic) bond motifs is 1. The second kappa shape index (κ2) is 13.7. The Morgan fingerprint density at radius 1 is 0.930 bits per heavy atom. The first-order chi connectivity index (χ1) is 20.8. The van der Waals surface area contributed by atoms with Gasteiger partial charge in [-0.05, 0) is 48.6 Å². The average Bonchev–Trinajstić information content (AvgIpc) is 3.21. The highest BCUT2D eigenvalue weighted by Crippen LogP contribution is 2.30. The highest BCUT2D eigenvalue weighted by atomic mass is 35.5.